The van der Waals surface area contributed by atoms with Crippen molar-refractivity contribution in [1.29, 1.82) is 0 Å². The molecule has 0 aliphatic rings. The van der Waals surface area contributed by atoms with E-state index in [4.69, 9.17) is 19.6 Å². The molecule has 0 atom stereocenters. The van der Waals surface area contributed by atoms with Gasteiger partial charge in [-0.25, -0.2) is 0 Å². The second kappa shape index (κ2) is 4.93. The number of rotatable bonds is 4. The lowest BCUT2D eigenvalue weighted by Gasteiger charge is -2.08. The van der Waals surface area contributed by atoms with E-state index >= 15 is 0 Å². The first kappa shape index (κ1) is 11.5. The SMILES string of the molecule is COc1cc(OC)cc(-c2ccoc2CN)c1. The van der Waals surface area contributed by atoms with Crippen molar-refractivity contribution in [2.24, 2.45) is 5.73 Å². The zero-order valence-electron chi connectivity index (χ0n) is 9.90. The van der Waals surface area contributed by atoms with Crippen LogP contribution in [0.5, 0.6) is 11.5 Å². The Morgan fingerprint density at radius 3 is 2.29 bits per heavy atom. The molecule has 0 saturated heterocycles. The summed E-state index contributed by atoms with van der Waals surface area (Å²) in [5.74, 6) is 2.23. The predicted molar refractivity (Wildman–Crippen MR) is 65.1 cm³/mol. The second-order valence-corrected chi connectivity index (χ2v) is 3.56. The normalized spacial score (nSPS) is 10.3. The van der Waals surface area contributed by atoms with E-state index in [1.165, 1.54) is 0 Å². The monoisotopic (exact) mass is 233 g/mol. The van der Waals surface area contributed by atoms with Crippen LogP contribution in [0, 0.1) is 0 Å². The van der Waals surface area contributed by atoms with Crippen LogP contribution >= 0.6 is 0 Å². The average molecular weight is 233 g/mol. The molecule has 2 aromatic rings. The van der Waals surface area contributed by atoms with Crippen LogP contribution in [-0.4, -0.2) is 14.2 Å². The summed E-state index contributed by atoms with van der Waals surface area (Å²) in [6.07, 6.45) is 1.63. The predicted octanol–water partition coefficient (Wildman–Crippen LogP) is 2.42. The highest BCUT2D eigenvalue weighted by Gasteiger charge is 2.10. The molecule has 90 valence electrons. The van der Waals surface area contributed by atoms with Gasteiger partial charge in [-0.2, -0.15) is 0 Å². The van der Waals surface area contributed by atoms with Gasteiger partial charge in [0.15, 0.2) is 0 Å². The Morgan fingerprint density at radius 1 is 1.12 bits per heavy atom. The lowest BCUT2D eigenvalue weighted by molar-refractivity contribution is 0.394. The number of methoxy groups -OCH3 is 2. The topological polar surface area (TPSA) is 57.6 Å². The van der Waals surface area contributed by atoms with Crippen LogP contribution in [0.25, 0.3) is 11.1 Å². The Bertz CT molecular complexity index is 483. The summed E-state index contributed by atoms with van der Waals surface area (Å²) in [4.78, 5) is 0. The summed E-state index contributed by atoms with van der Waals surface area (Å²) in [6, 6.07) is 7.56. The maximum Gasteiger partial charge on any atom is 0.125 e. The minimum atomic E-state index is 0.363. The number of ether oxygens (including phenoxy) is 2. The van der Waals surface area contributed by atoms with Gasteiger partial charge in [-0.3, -0.25) is 0 Å². The molecule has 4 heteroatoms. The van der Waals surface area contributed by atoms with E-state index in [2.05, 4.69) is 0 Å². The van der Waals surface area contributed by atoms with Crippen LogP contribution in [0.15, 0.2) is 34.9 Å². The van der Waals surface area contributed by atoms with Crippen molar-refractivity contribution in [3.8, 4) is 22.6 Å². The van der Waals surface area contributed by atoms with E-state index in [1.807, 2.05) is 24.3 Å². The third kappa shape index (κ3) is 2.26. The minimum absolute atomic E-state index is 0.363. The third-order valence-corrected chi connectivity index (χ3v) is 2.59. The van der Waals surface area contributed by atoms with Crippen LogP contribution in [0.3, 0.4) is 0 Å². The molecular weight excluding hydrogens is 218 g/mol. The summed E-state index contributed by atoms with van der Waals surface area (Å²) in [5.41, 5.74) is 7.55. The zero-order valence-corrected chi connectivity index (χ0v) is 9.90. The molecule has 0 radical (unpaired) electrons. The molecule has 0 aliphatic carbocycles. The van der Waals surface area contributed by atoms with Crippen molar-refractivity contribution >= 4 is 0 Å². The van der Waals surface area contributed by atoms with Crippen LogP contribution in [0.2, 0.25) is 0 Å². The quantitative estimate of drug-likeness (QED) is 0.881. The van der Waals surface area contributed by atoms with Crippen molar-refractivity contribution in [2.75, 3.05) is 14.2 Å². The molecule has 0 spiro atoms. The van der Waals surface area contributed by atoms with E-state index in [1.54, 1.807) is 20.5 Å². The van der Waals surface area contributed by atoms with Crippen LogP contribution in [0.4, 0.5) is 0 Å². The van der Waals surface area contributed by atoms with E-state index in [0.717, 1.165) is 28.4 Å². The lowest BCUT2D eigenvalue weighted by atomic mass is 10.1. The van der Waals surface area contributed by atoms with Gasteiger partial charge in [0.05, 0.1) is 27.0 Å². The van der Waals surface area contributed by atoms with Crippen molar-refractivity contribution < 1.29 is 13.9 Å². The molecule has 1 aromatic heterocycles. The molecule has 4 nitrogen and oxygen atoms in total. The van der Waals surface area contributed by atoms with Gasteiger partial charge in [-0.1, -0.05) is 0 Å². The van der Waals surface area contributed by atoms with Crippen LogP contribution in [0.1, 0.15) is 5.76 Å². The fourth-order valence-electron chi connectivity index (χ4n) is 1.72. The average Bonchev–Trinajstić information content (AvgIpc) is 2.86. The molecule has 0 bridgehead atoms. The van der Waals surface area contributed by atoms with Crippen LogP contribution < -0.4 is 15.2 Å². The molecule has 17 heavy (non-hydrogen) atoms. The largest absolute Gasteiger partial charge is 0.497 e. The van der Waals surface area contributed by atoms with Gasteiger partial charge >= 0.3 is 0 Å². The number of hydrogen-bond acceptors (Lipinski definition) is 4. The molecule has 0 saturated carbocycles. The molecular formula is C13H15NO3. The van der Waals surface area contributed by atoms with Gasteiger partial charge in [-0.15, -0.1) is 0 Å². The minimum Gasteiger partial charge on any atom is -0.497 e. The molecule has 0 aliphatic heterocycles. The first-order valence-electron chi connectivity index (χ1n) is 5.28. The van der Waals surface area contributed by atoms with Gasteiger partial charge in [-0.05, 0) is 23.8 Å². The first-order chi connectivity index (χ1) is 8.28. The summed E-state index contributed by atoms with van der Waals surface area (Å²) < 4.78 is 15.8. The van der Waals surface area contributed by atoms with Gasteiger partial charge < -0.3 is 19.6 Å². The highest BCUT2D eigenvalue weighted by Crippen LogP contribution is 2.32. The van der Waals surface area contributed by atoms with E-state index in [9.17, 15) is 0 Å². The van der Waals surface area contributed by atoms with E-state index in [-0.39, 0.29) is 0 Å². The summed E-state index contributed by atoms with van der Waals surface area (Å²) >= 11 is 0. The van der Waals surface area contributed by atoms with Crippen molar-refractivity contribution in [1.82, 2.24) is 0 Å². The van der Waals surface area contributed by atoms with Gasteiger partial charge in [0, 0.05) is 11.6 Å². The third-order valence-electron chi connectivity index (χ3n) is 2.59. The summed E-state index contributed by atoms with van der Waals surface area (Å²) in [7, 11) is 3.25. The van der Waals surface area contributed by atoms with Gasteiger partial charge in [0.25, 0.3) is 0 Å². The van der Waals surface area contributed by atoms with E-state index in [0.29, 0.717) is 6.54 Å². The Kier molecular flexibility index (Phi) is 3.35. The van der Waals surface area contributed by atoms with Crippen LogP contribution in [-0.2, 0) is 6.54 Å². The zero-order chi connectivity index (χ0) is 12.3. The Hall–Kier alpha value is -1.94. The molecule has 0 fully saturated rings. The summed E-state index contributed by atoms with van der Waals surface area (Å²) in [6.45, 7) is 0.363. The van der Waals surface area contributed by atoms with Gasteiger partial charge in [0.2, 0.25) is 0 Å². The van der Waals surface area contributed by atoms with Crippen molar-refractivity contribution in [3.05, 3.63) is 36.3 Å². The van der Waals surface area contributed by atoms with Crippen molar-refractivity contribution in [3.63, 3.8) is 0 Å². The second-order valence-electron chi connectivity index (χ2n) is 3.56. The molecule has 2 N–H and O–H groups in total. The maximum atomic E-state index is 5.62. The number of hydrogen-bond donors (Lipinski definition) is 1. The number of nitrogens with two attached hydrogens (primary N) is 1. The van der Waals surface area contributed by atoms with Crippen molar-refractivity contribution in [2.45, 2.75) is 6.54 Å². The fraction of sp³-hybridized carbons (Fsp3) is 0.231. The summed E-state index contributed by atoms with van der Waals surface area (Å²) in [5, 5.41) is 0. The Morgan fingerprint density at radius 2 is 1.76 bits per heavy atom. The maximum absolute atomic E-state index is 5.62. The molecule has 1 heterocycles. The number of benzene rings is 1. The smallest absolute Gasteiger partial charge is 0.125 e. The molecule has 0 unspecified atom stereocenters. The highest BCUT2D eigenvalue weighted by atomic mass is 16.5. The standard InChI is InChI=1S/C13H15NO3/c1-15-10-5-9(6-11(7-10)16-2)12-3-4-17-13(12)8-14/h3-7H,8,14H2,1-2H3. The lowest BCUT2D eigenvalue weighted by Crippen LogP contribution is -1.96. The first-order valence-corrected chi connectivity index (χ1v) is 5.28. The molecule has 1 aromatic carbocycles. The highest BCUT2D eigenvalue weighted by molar-refractivity contribution is 5.69. The number of furan rings is 1. The molecule has 0 amide bonds. The molecule has 2 rings (SSSR count). The fourth-order valence-corrected chi connectivity index (χ4v) is 1.72. The Labute approximate surface area is 99.9 Å². The Balaban J connectivity index is 2.51. The van der Waals surface area contributed by atoms with Gasteiger partial charge in [0.1, 0.15) is 17.3 Å². The van der Waals surface area contributed by atoms with E-state index < -0.39 is 0 Å².